The topological polar surface area (TPSA) is 71.3 Å². The number of piperazine rings is 1. The first kappa shape index (κ1) is 26.2. The number of fused-ring (bicyclic) bond motifs is 4. The van der Waals surface area contributed by atoms with Crippen molar-refractivity contribution in [2.24, 2.45) is 0 Å². The Labute approximate surface area is 247 Å². The highest BCUT2D eigenvalue weighted by molar-refractivity contribution is 6.33. The van der Waals surface area contributed by atoms with E-state index in [1.807, 2.05) is 72.6 Å². The Morgan fingerprint density at radius 2 is 1.62 bits per heavy atom. The minimum Gasteiger partial charge on any atom is -0.367 e. The number of aromatic nitrogens is 3. The van der Waals surface area contributed by atoms with Gasteiger partial charge >= 0.3 is 0 Å². The van der Waals surface area contributed by atoms with Crippen LogP contribution in [-0.4, -0.2) is 51.5 Å². The summed E-state index contributed by atoms with van der Waals surface area (Å²) in [4.78, 5) is 39.0. The highest BCUT2D eigenvalue weighted by atomic mass is 35.5. The Morgan fingerprint density at radius 3 is 2.43 bits per heavy atom. The highest BCUT2D eigenvalue weighted by Gasteiger charge is 2.22. The van der Waals surface area contributed by atoms with Crippen molar-refractivity contribution in [3.8, 4) is 16.8 Å². The molecule has 0 saturated carbocycles. The van der Waals surface area contributed by atoms with E-state index in [9.17, 15) is 9.59 Å². The third-order valence-electron chi connectivity index (χ3n) is 8.11. The van der Waals surface area contributed by atoms with Crippen molar-refractivity contribution < 1.29 is 4.79 Å². The van der Waals surface area contributed by atoms with E-state index in [4.69, 9.17) is 11.6 Å². The summed E-state index contributed by atoms with van der Waals surface area (Å²) in [7, 11) is 0. The van der Waals surface area contributed by atoms with E-state index in [-0.39, 0.29) is 11.5 Å². The van der Waals surface area contributed by atoms with E-state index >= 15 is 0 Å². The van der Waals surface area contributed by atoms with E-state index in [2.05, 4.69) is 33.1 Å². The molecule has 42 heavy (non-hydrogen) atoms. The van der Waals surface area contributed by atoms with Gasteiger partial charge in [-0.1, -0.05) is 42.8 Å². The average Bonchev–Trinajstić information content (AvgIpc) is 3.04. The standard InChI is InChI=1S/C34H28ClN5O2/c1-2-32(41)39-15-13-38(14-16-39)31-11-9-26(19-28(31)35)40-33(42)12-8-24-20-37-30-10-7-22(18-27(30)34(24)40)25-17-23-5-3-4-6-29(23)36-21-25/h3-12,17-21H,2,13-16H2,1H3. The molecule has 0 N–H and O–H groups in total. The van der Waals surface area contributed by atoms with Crippen LogP contribution in [0.5, 0.6) is 0 Å². The van der Waals surface area contributed by atoms with Gasteiger partial charge in [0.25, 0.3) is 5.56 Å². The fourth-order valence-electron chi connectivity index (χ4n) is 5.89. The summed E-state index contributed by atoms with van der Waals surface area (Å²) in [5, 5.41) is 3.35. The van der Waals surface area contributed by atoms with Crippen molar-refractivity contribution in [1.82, 2.24) is 19.4 Å². The van der Waals surface area contributed by atoms with E-state index in [0.29, 0.717) is 43.3 Å². The van der Waals surface area contributed by atoms with Crippen LogP contribution in [0.3, 0.4) is 0 Å². The van der Waals surface area contributed by atoms with Gasteiger partial charge in [0.2, 0.25) is 5.91 Å². The van der Waals surface area contributed by atoms with Gasteiger partial charge < -0.3 is 9.80 Å². The molecule has 1 saturated heterocycles. The number of hydrogen-bond donors (Lipinski definition) is 0. The third-order valence-corrected chi connectivity index (χ3v) is 8.41. The van der Waals surface area contributed by atoms with Gasteiger partial charge in [-0.05, 0) is 54.1 Å². The summed E-state index contributed by atoms with van der Waals surface area (Å²) in [6, 6.07) is 25.4. The van der Waals surface area contributed by atoms with Gasteiger partial charge in [-0.3, -0.25) is 24.1 Å². The molecule has 0 radical (unpaired) electrons. The molecule has 3 aromatic heterocycles. The summed E-state index contributed by atoms with van der Waals surface area (Å²) in [6.45, 7) is 4.65. The summed E-state index contributed by atoms with van der Waals surface area (Å²) in [5.41, 5.74) is 5.93. The number of carbonyl (C=O) groups is 1. The second-order valence-electron chi connectivity index (χ2n) is 10.6. The second kappa shape index (κ2) is 10.6. The minimum absolute atomic E-state index is 0.150. The molecule has 6 aromatic rings. The zero-order valence-electron chi connectivity index (χ0n) is 23.1. The Balaban J connectivity index is 1.32. The molecule has 4 heterocycles. The lowest BCUT2D eigenvalue weighted by molar-refractivity contribution is -0.131. The molecule has 7 rings (SSSR count). The SMILES string of the molecule is CCC(=O)N1CCN(c2ccc(-n3c(=O)ccc4cnc5ccc(-c6cnc7ccccc7c6)cc5c43)cc2Cl)CC1. The zero-order valence-corrected chi connectivity index (χ0v) is 23.9. The lowest BCUT2D eigenvalue weighted by Gasteiger charge is -2.36. The Kier molecular flexibility index (Phi) is 6.59. The van der Waals surface area contributed by atoms with Crippen LogP contribution < -0.4 is 10.5 Å². The molecule has 1 fully saturated rings. The van der Waals surface area contributed by atoms with E-state index in [0.717, 1.165) is 49.5 Å². The monoisotopic (exact) mass is 573 g/mol. The normalized spacial score (nSPS) is 13.8. The number of nitrogens with zero attached hydrogens (tertiary/aromatic N) is 5. The lowest BCUT2D eigenvalue weighted by Crippen LogP contribution is -2.48. The second-order valence-corrected chi connectivity index (χ2v) is 11.0. The predicted octanol–water partition coefficient (Wildman–Crippen LogP) is 6.47. The molecular formula is C34H28ClN5O2. The maximum Gasteiger partial charge on any atom is 0.255 e. The fraction of sp³-hybridized carbons (Fsp3) is 0.176. The first-order chi connectivity index (χ1) is 20.5. The molecule has 0 atom stereocenters. The summed E-state index contributed by atoms with van der Waals surface area (Å²) >= 11 is 6.86. The third kappa shape index (κ3) is 4.56. The molecule has 0 aliphatic carbocycles. The van der Waals surface area contributed by atoms with Crippen LogP contribution in [0.4, 0.5) is 5.69 Å². The molecule has 3 aromatic carbocycles. The number of benzene rings is 3. The first-order valence-electron chi connectivity index (χ1n) is 14.1. The molecule has 0 unspecified atom stereocenters. The average molecular weight is 574 g/mol. The van der Waals surface area contributed by atoms with Crippen molar-refractivity contribution in [2.75, 3.05) is 31.1 Å². The fourth-order valence-corrected chi connectivity index (χ4v) is 6.18. The Bertz CT molecular complexity index is 2060. The lowest BCUT2D eigenvalue weighted by atomic mass is 10.0. The number of pyridine rings is 3. The van der Waals surface area contributed by atoms with Gasteiger partial charge in [0, 0.05) is 72.8 Å². The van der Waals surface area contributed by atoms with E-state index < -0.39 is 0 Å². The number of carbonyl (C=O) groups excluding carboxylic acids is 1. The molecule has 208 valence electrons. The van der Waals surface area contributed by atoms with Gasteiger partial charge in [0.15, 0.2) is 0 Å². The summed E-state index contributed by atoms with van der Waals surface area (Å²) in [6.07, 6.45) is 4.20. The summed E-state index contributed by atoms with van der Waals surface area (Å²) < 4.78 is 1.72. The van der Waals surface area contributed by atoms with Crippen molar-refractivity contribution in [3.05, 3.63) is 107 Å². The Hall–Kier alpha value is -4.75. The molecule has 8 heteroatoms. The van der Waals surface area contributed by atoms with Crippen LogP contribution in [0.15, 0.2) is 96.1 Å². The maximum atomic E-state index is 13.4. The van der Waals surface area contributed by atoms with Crippen LogP contribution in [0.1, 0.15) is 13.3 Å². The molecule has 1 aliphatic heterocycles. The number of amides is 1. The minimum atomic E-state index is -0.150. The van der Waals surface area contributed by atoms with E-state index in [1.165, 1.54) is 0 Å². The van der Waals surface area contributed by atoms with Crippen LogP contribution in [-0.2, 0) is 4.79 Å². The predicted molar refractivity (Wildman–Crippen MR) is 170 cm³/mol. The molecule has 7 nitrogen and oxygen atoms in total. The van der Waals surface area contributed by atoms with Gasteiger partial charge in [-0.25, -0.2) is 0 Å². The van der Waals surface area contributed by atoms with Crippen LogP contribution in [0.2, 0.25) is 5.02 Å². The van der Waals surface area contributed by atoms with Crippen molar-refractivity contribution in [3.63, 3.8) is 0 Å². The van der Waals surface area contributed by atoms with Crippen LogP contribution in [0.25, 0.3) is 49.5 Å². The molecule has 0 bridgehead atoms. The van der Waals surface area contributed by atoms with Crippen molar-refractivity contribution >= 4 is 55.9 Å². The van der Waals surface area contributed by atoms with Gasteiger partial charge in [0.1, 0.15) is 0 Å². The van der Waals surface area contributed by atoms with Gasteiger partial charge in [-0.2, -0.15) is 0 Å². The number of para-hydroxylation sites is 1. The Morgan fingerprint density at radius 1 is 0.810 bits per heavy atom. The quantitative estimate of drug-likeness (QED) is 0.226. The number of rotatable bonds is 4. The van der Waals surface area contributed by atoms with Crippen molar-refractivity contribution in [1.29, 1.82) is 0 Å². The largest absolute Gasteiger partial charge is 0.367 e. The van der Waals surface area contributed by atoms with Gasteiger partial charge in [0.05, 0.1) is 32.9 Å². The molecule has 1 amide bonds. The maximum absolute atomic E-state index is 13.4. The van der Waals surface area contributed by atoms with Crippen LogP contribution >= 0.6 is 11.6 Å². The molecular weight excluding hydrogens is 546 g/mol. The smallest absolute Gasteiger partial charge is 0.255 e. The zero-order chi connectivity index (χ0) is 28.8. The molecule has 0 spiro atoms. The van der Waals surface area contributed by atoms with Gasteiger partial charge in [-0.15, -0.1) is 0 Å². The molecule has 1 aliphatic rings. The number of anilines is 1. The van der Waals surface area contributed by atoms with Crippen molar-refractivity contribution in [2.45, 2.75) is 13.3 Å². The number of halogens is 1. The highest BCUT2D eigenvalue weighted by Crippen LogP contribution is 2.33. The first-order valence-corrected chi connectivity index (χ1v) is 14.5. The van der Waals surface area contributed by atoms with Crippen LogP contribution in [0, 0.1) is 0 Å². The number of hydrogen-bond acceptors (Lipinski definition) is 5. The van der Waals surface area contributed by atoms with E-state index in [1.54, 1.807) is 16.8 Å². The summed E-state index contributed by atoms with van der Waals surface area (Å²) in [5.74, 6) is 0.174.